The zero-order chi connectivity index (χ0) is 10.2. The minimum atomic E-state index is -0.143. The summed E-state index contributed by atoms with van der Waals surface area (Å²) < 4.78 is 4.94. The van der Waals surface area contributed by atoms with Crippen LogP contribution in [0.4, 0.5) is 0 Å². The third-order valence-corrected chi connectivity index (χ3v) is 1.61. The zero-order valence-corrected chi connectivity index (χ0v) is 7.96. The van der Waals surface area contributed by atoms with E-state index in [0.717, 1.165) is 6.42 Å². The molecule has 1 saturated heterocycles. The Morgan fingerprint density at radius 1 is 1.50 bits per heavy atom. The Morgan fingerprint density at radius 3 is 3.00 bits per heavy atom. The van der Waals surface area contributed by atoms with E-state index in [2.05, 4.69) is 29.4 Å². The van der Waals surface area contributed by atoms with Gasteiger partial charge in [0.05, 0.1) is 0 Å². The fourth-order valence-electron chi connectivity index (χ4n) is 0.996. The van der Waals surface area contributed by atoms with E-state index in [4.69, 9.17) is 4.74 Å². The van der Waals surface area contributed by atoms with Crippen LogP contribution in [0.15, 0.2) is 17.9 Å². The van der Waals surface area contributed by atoms with Crippen molar-refractivity contribution >= 4 is 5.97 Å². The van der Waals surface area contributed by atoms with Crippen LogP contribution in [-0.4, -0.2) is 12.1 Å². The molecule has 1 aliphatic heterocycles. The first kappa shape index (κ1) is 10.2. The molecule has 1 aliphatic rings. The highest BCUT2D eigenvalue weighted by Gasteiger charge is 2.20. The average molecular weight is 186 g/mol. The van der Waals surface area contributed by atoms with E-state index in [1.165, 1.54) is 0 Å². The van der Waals surface area contributed by atoms with Gasteiger partial charge in [-0.25, -0.2) is 0 Å². The van der Waals surface area contributed by atoms with Crippen LogP contribution in [0.25, 0.3) is 0 Å². The largest absolute Gasteiger partial charge is 0.457 e. The predicted molar refractivity (Wildman–Crippen MR) is 53.0 cm³/mol. The second kappa shape index (κ2) is 5.70. The Balaban J connectivity index is 2.43. The van der Waals surface area contributed by atoms with Crippen LogP contribution in [0.3, 0.4) is 0 Å². The first-order valence-corrected chi connectivity index (χ1v) is 4.36. The van der Waals surface area contributed by atoms with Gasteiger partial charge in [0.25, 0.3) is 0 Å². The van der Waals surface area contributed by atoms with E-state index in [1.54, 1.807) is 19.1 Å². The first-order valence-electron chi connectivity index (χ1n) is 4.36. The Labute approximate surface area is 83.6 Å². The van der Waals surface area contributed by atoms with Crippen molar-refractivity contribution in [1.82, 2.24) is 0 Å². The Bertz CT molecular complexity index is 390. The van der Waals surface area contributed by atoms with E-state index < -0.39 is 0 Å². The molecule has 0 radical (unpaired) electrons. The second-order valence-electron chi connectivity index (χ2n) is 2.69. The van der Waals surface area contributed by atoms with Gasteiger partial charge < -0.3 is 4.74 Å². The number of cyclic esters (lactones) is 1. The average Bonchev–Trinajstić information content (AvgIpc) is 2.58. The Hall–Kier alpha value is -1.89. The molecule has 0 aromatic heterocycles. The predicted octanol–water partition coefficient (Wildman–Crippen LogP) is 1.43. The van der Waals surface area contributed by atoms with Gasteiger partial charge in [-0.15, -0.1) is 5.73 Å². The minimum Gasteiger partial charge on any atom is -0.457 e. The Kier molecular flexibility index (Phi) is 4.15. The summed E-state index contributed by atoms with van der Waals surface area (Å²) in [6.45, 7) is 1.73. The van der Waals surface area contributed by atoms with Crippen molar-refractivity contribution in [1.29, 1.82) is 0 Å². The molecule has 14 heavy (non-hydrogen) atoms. The summed E-state index contributed by atoms with van der Waals surface area (Å²) in [4.78, 5) is 10.7. The van der Waals surface area contributed by atoms with Crippen LogP contribution in [0.2, 0.25) is 0 Å². The lowest BCUT2D eigenvalue weighted by Gasteiger charge is -1.97. The molecule has 2 nitrogen and oxygen atoms in total. The topological polar surface area (TPSA) is 26.3 Å². The molecule has 0 bridgehead atoms. The van der Waals surface area contributed by atoms with Gasteiger partial charge in [-0.2, -0.15) is 0 Å². The molecule has 1 unspecified atom stereocenters. The highest BCUT2D eigenvalue weighted by atomic mass is 16.5. The fraction of sp³-hybridized carbons (Fsp3) is 0.333. The quantitative estimate of drug-likeness (QED) is 0.352. The van der Waals surface area contributed by atoms with Crippen molar-refractivity contribution in [3.63, 3.8) is 0 Å². The third-order valence-electron chi connectivity index (χ3n) is 1.61. The summed E-state index contributed by atoms with van der Waals surface area (Å²) in [6.07, 6.45) is 4.38. The van der Waals surface area contributed by atoms with Gasteiger partial charge in [0, 0.05) is 12.5 Å². The van der Waals surface area contributed by atoms with E-state index in [-0.39, 0.29) is 12.1 Å². The fourth-order valence-corrected chi connectivity index (χ4v) is 0.996. The summed E-state index contributed by atoms with van der Waals surface area (Å²) in [5.74, 6) is 10.4. The molecule has 0 amide bonds. The van der Waals surface area contributed by atoms with Crippen LogP contribution in [0, 0.1) is 23.7 Å². The molecule has 0 spiro atoms. The molecule has 1 heterocycles. The van der Waals surface area contributed by atoms with Crippen molar-refractivity contribution in [2.45, 2.75) is 25.9 Å². The van der Waals surface area contributed by atoms with Gasteiger partial charge in [-0.3, -0.25) is 4.79 Å². The highest BCUT2D eigenvalue weighted by Crippen LogP contribution is 2.13. The SMILES string of the molecule is CC#CC#CC=C=CC1CCC(=O)O1. The molecule has 2 heteroatoms. The van der Waals surface area contributed by atoms with Crippen molar-refractivity contribution < 1.29 is 9.53 Å². The van der Waals surface area contributed by atoms with Crippen LogP contribution in [-0.2, 0) is 9.53 Å². The maximum absolute atomic E-state index is 10.7. The van der Waals surface area contributed by atoms with Gasteiger partial charge >= 0.3 is 5.97 Å². The lowest BCUT2D eigenvalue weighted by atomic mass is 10.2. The summed E-state index contributed by atoms with van der Waals surface area (Å²) in [6, 6.07) is 0. The molecule has 1 rings (SSSR count). The minimum absolute atomic E-state index is 0.127. The molecular formula is C12H10O2. The second-order valence-corrected chi connectivity index (χ2v) is 2.69. The van der Waals surface area contributed by atoms with Gasteiger partial charge in [0.2, 0.25) is 0 Å². The summed E-state index contributed by atoms with van der Waals surface area (Å²) in [7, 11) is 0. The van der Waals surface area contributed by atoms with E-state index in [1.807, 2.05) is 0 Å². The number of carbonyl (C=O) groups excluding carboxylic acids is 1. The van der Waals surface area contributed by atoms with Crippen LogP contribution in [0.1, 0.15) is 19.8 Å². The van der Waals surface area contributed by atoms with Gasteiger partial charge in [0.15, 0.2) is 0 Å². The third kappa shape index (κ3) is 3.68. The molecule has 0 aromatic carbocycles. The monoisotopic (exact) mass is 186 g/mol. The van der Waals surface area contributed by atoms with Crippen molar-refractivity contribution in [2.75, 3.05) is 0 Å². The van der Waals surface area contributed by atoms with E-state index in [9.17, 15) is 4.79 Å². The van der Waals surface area contributed by atoms with E-state index >= 15 is 0 Å². The summed E-state index contributed by atoms with van der Waals surface area (Å²) in [5.41, 5.74) is 2.84. The number of hydrogen-bond donors (Lipinski definition) is 0. The molecule has 1 atom stereocenters. The van der Waals surface area contributed by atoms with E-state index in [0.29, 0.717) is 6.42 Å². The smallest absolute Gasteiger partial charge is 0.306 e. The molecular weight excluding hydrogens is 176 g/mol. The van der Waals surface area contributed by atoms with Crippen molar-refractivity contribution in [3.05, 3.63) is 17.9 Å². The maximum atomic E-state index is 10.7. The number of rotatable bonds is 1. The number of ether oxygens (including phenoxy) is 1. The zero-order valence-electron chi connectivity index (χ0n) is 7.96. The maximum Gasteiger partial charge on any atom is 0.306 e. The number of carbonyl (C=O) groups is 1. The van der Waals surface area contributed by atoms with Crippen LogP contribution in [0.5, 0.6) is 0 Å². The van der Waals surface area contributed by atoms with Crippen LogP contribution >= 0.6 is 0 Å². The van der Waals surface area contributed by atoms with Crippen molar-refractivity contribution in [2.24, 2.45) is 0 Å². The normalized spacial score (nSPS) is 17.8. The molecule has 0 aliphatic carbocycles. The van der Waals surface area contributed by atoms with Gasteiger partial charge in [-0.05, 0) is 31.3 Å². The van der Waals surface area contributed by atoms with Gasteiger partial charge in [-0.1, -0.05) is 11.8 Å². The number of esters is 1. The highest BCUT2D eigenvalue weighted by molar-refractivity contribution is 5.71. The summed E-state index contributed by atoms with van der Waals surface area (Å²) >= 11 is 0. The van der Waals surface area contributed by atoms with Crippen molar-refractivity contribution in [3.8, 4) is 23.7 Å². The molecule has 1 fully saturated rings. The molecule has 0 saturated carbocycles. The first-order chi connectivity index (χ1) is 6.83. The molecule has 0 aromatic rings. The Morgan fingerprint density at radius 2 is 2.36 bits per heavy atom. The number of hydrogen-bond acceptors (Lipinski definition) is 2. The lowest BCUT2D eigenvalue weighted by Crippen LogP contribution is -2.01. The molecule has 0 N–H and O–H groups in total. The van der Waals surface area contributed by atoms with Gasteiger partial charge in [0.1, 0.15) is 6.10 Å². The standard InChI is InChI=1S/C12H10O2/c1-2-3-4-5-6-7-8-11-9-10-12(13)14-11/h6,8,11H,9-10H2,1H3. The lowest BCUT2D eigenvalue weighted by molar-refractivity contribution is -0.139. The van der Waals surface area contributed by atoms with Crippen LogP contribution < -0.4 is 0 Å². The molecule has 70 valence electrons. The summed E-state index contributed by atoms with van der Waals surface area (Å²) in [5, 5.41) is 0.